The summed E-state index contributed by atoms with van der Waals surface area (Å²) in [5.74, 6) is 3.04. The van der Waals surface area contributed by atoms with Crippen LogP contribution < -0.4 is 0 Å². The molecule has 0 N–H and O–H groups in total. The summed E-state index contributed by atoms with van der Waals surface area (Å²) in [6.07, 6.45) is 11.1. The van der Waals surface area contributed by atoms with Crippen LogP contribution in [0, 0.1) is 0 Å². The third-order valence-corrected chi connectivity index (χ3v) is 6.93. The van der Waals surface area contributed by atoms with E-state index >= 15 is 0 Å². The first-order valence-corrected chi connectivity index (χ1v) is 12.4. The van der Waals surface area contributed by atoms with Crippen molar-refractivity contribution in [3.05, 3.63) is 0 Å². The maximum atomic E-state index is 5.70. The molecule has 0 amide bonds. The molecule has 0 aromatic carbocycles. The van der Waals surface area contributed by atoms with Gasteiger partial charge in [-0.2, -0.15) is 0 Å². The van der Waals surface area contributed by atoms with E-state index in [1.54, 1.807) is 0 Å². The van der Waals surface area contributed by atoms with Crippen molar-refractivity contribution in [3.63, 3.8) is 0 Å². The second-order valence-corrected chi connectivity index (χ2v) is 9.20. The lowest BCUT2D eigenvalue weighted by molar-refractivity contribution is 0.467. The molecule has 0 radical (unpaired) electrons. The van der Waals surface area contributed by atoms with Crippen molar-refractivity contribution in [2.24, 2.45) is 0 Å². The average molecular weight is 389 g/mol. The summed E-state index contributed by atoms with van der Waals surface area (Å²) in [6, 6.07) is 0. The van der Waals surface area contributed by atoms with Gasteiger partial charge in [0.25, 0.3) is 0 Å². The molecule has 0 fully saturated rings. The Morgan fingerprint density at radius 2 is 0.864 bits per heavy atom. The maximum Gasteiger partial charge on any atom is 0.369 e. The maximum absolute atomic E-state index is 5.70. The lowest BCUT2D eigenvalue weighted by Gasteiger charge is -2.13. The second-order valence-electron chi connectivity index (χ2n) is 5.03. The molecule has 0 heterocycles. The van der Waals surface area contributed by atoms with Crippen molar-refractivity contribution in [2.75, 3.05) is 17.3 Å². The zero-order valence-electron chi connectivity index (χ0n) is 14.4. The van der Waals surface area contributed by atoms with Crippen LogP contribution in [0.4, 0.5) is 0 Å². The Hall–Kier alpha value is 1.36. The van der Waals surface area contributed by atoms with Crippen molar-refractivity contribution >= 4 is 44.7 Å². The van der Waals surface area contributed by atoms with Gasteiger partial charge in [-0.15, -0.1) is 0 Å². The SMILES string of the molecule is CCCCCSOP(OSCCCCC)OSCCCCC. The topological polar surface area (TPSA) is 27.7 Å². The van der Waals surface area contributed by atoms with Crippen molar-refractivity contribution < 1.29 is 11.9 Å². The van der Waals surface area contributed by atoms with Crippen LogP contribution in [-0.2, 0) is 11.9 Å². The van der Waals surface area contributed by atoms with Crippen LogP contribution in [0.5, 0.6) is 0 Å². The van der Waals surface area contributed by atoms with Gasteiger partial charge < -0.3 is 0 Å². The van der Waals surface area contributed by atoms with Crippen LogP contribution in [-0.4, -0.2) is 17.3 Å². The fourth-order valence-electron chi connectivity index (χ4n) is 1.51. The van der Waals surface area contributed by atoms with Gasteiger partial charge in [-0.3, -0.25) is 0 Å². The Balaban J connectivity index is 3.72. The number of hydrogen-bond acceptors (Lipinski definition) is 6. The molecule has 134 valence electrons. The van der Waals surface area contributed by atoms with E-state index in [-0.39, 0.29) is 0 Å². The first-order valence-electron chi connectivity index (χ1n) is 8.54. The van der Waals surface area contributed by atoms with Crippen LogP contribution in [0.2, 0.25) is 0 Å². The summed E-state index contributed by atoms with van der Waals surface area (Å²) in [7, 11) is -1.23. The van der Waals surface area contributed by atoms with Gasteiger partial charge in [0.05, 0.1) is 0 Å². The van der Waals surface area contributed by atoms with Gasteiger partial charge in [-0.1, -0.05) is 59.3 Å². The van der Waals surface area contributed by atoms with E-state index in [0.29, 0.717) is 0 Å². The minimum Gasteiger partial charge on any atom is -0.239 e. The van der Waals surface area contributed by atoms with Crippen molar-refractivity contribution in [1.82, 2.24) is 0 Å². The van der Waals surface area contributed by atoms with Gasteiger partial charge in [-0.05, 0) is 19.3 Å². The summed E-state index contributed by atoms with van der Waals surface area (Å²) in [5, 5.41) is 0. The van der Waals surface area contributed by atoms with Crippen LogP contribution in [0.3, 0.4) is 0 Å². The third kappa shape index (κ3) is 17.7. The van der Waals surface area contributed by atoms with Crippen LogP contribution in [0.1, 0.15) is 78.6 Å². The van der Waals surface area contributed by atoms with Crippen molar-refractivity contribution in [1.29, 1.82) is 0 Å². The predicted molar refractivity (Wildman–Crippen MR) is 106 cm³/mol. The van der Waals surface area contributed by atoms with E-state index in [2.05, 4.69) is 20.8 Å². The van der Waals surface area contributed by atoms with E-state index in [9.17, 15) is 0 Å². The summed E-state index contributed by atoms with van der Waals surface area (Å²) < 4.78 is 17.1. The Kier molecular flexibility index (Phi) is 21.7. The molecule has 0 saturated heterocycles. The summed E-state index contributed by atoms with van der Waals surface area (Å²) >= 11 is 4.47. The minimum absolute atomic E-state index is 1.01. The Morgan fingerprint density at radius 3 is 1.14 bits per heavy atom. The number of unbranched alkanes of at least 4 members (excludes halogenated alkanes) is 6. The summed E-state index contributed by atoms with van der Waals surface area (Å²) in [4.78, 5) is 0. The molecule has 0 aromatic heterocycles. The molecular formula is C15H33O3PS3. The molecular weight excluding hydrogens is 355 g/mol. The molecule has 0 spiro atoms. The normalized spacial score (nSPS) is 11.5. The van der Waals surface area contributed by atoms with Gasteiger partial charge in [0.1, 0.15) is 0 Å². The highest BCUT2D eigenvalue weighted by Gasteiger charge is 2.15. The van der Waals surface area contributed by atoms with Crippen LogP contribution >= 0.6 is 44.7 Å². The van der Waals surface area contributed by atoms with E-state index in [4.69, 9.17) is 11.9 Å². The van der Waals surface area contributed by atoms with Gasteiger partial charge in [0.2, 0.25) is 0 Å². The second kappa shape index (κ2) is 20.4. The zero-order valence-corrected chi connectivity index (χ0v) is 17.7. The molecule has 0 atom stereocenters. The van der Waals surface area contributed by atoms with Gasteiger partial charge in [0, 0.05) is 53.4 Å². The number of hydrogen-bond donors (Lipinski definition) is 0. The molecule has 0 unspecified atom stereocenters. The summed E-state index contributed by atoms with van der Waals surface area (Å²) in [5.41, 5.74) is 0. The fourth-order valence-corrected chi connectivity index (χ4v) is 5.37. The summed E-state index contributed by atoms with van der Waals surface area (Å²) in [6.45, 7) is 6.64. The predicted octanol–water partition coefficient (Wildman–Crippen LogP) is 7.78. The lowest BCUT2D eigenvalue weighted by Crippen LogP contribution is -1.87. The lowest BCUT2D eigenvalue weighted by atomic mass is 10.3. The van der Waals surface area contributed by atoms with E-state index < -0.39 is 8.60 Å². The van der Waals surface area contributed by atoms with E-state index in [1.165, 1.54) is 93.9 Å². The molecule has 22 heavy (non-hydrogen) atoms. The molecule has 7 heteroatoms. The zero-order chi connectivity index (χ0) is 16.3. The highest BCUT2D eigenvalue weighted by Crippen LogP contribution is 2.50. The van der Waals surface area contributed by atoms with E-state index in [1.807, 2.05) is 0 Å². The highest BCUT2D eigenvalue weighted by atomic mass is 32.2. The molecule has 0 bridgehead atoms. The van der Waals surface area contributed by atoms with Gasteiger partial charge >= 0.3 is 8.60 Å². The monoisotopic (exact) mass is 388 g/mol. The average Bonchev–Trinajstić information content (AvgIpc) is 2.53. The molecule has 0 aliphatic heterocycles. The number of rotatable bonds is 18. The minimum atomic E-state index is -1.23. The quantitative estimate of drug-likeness (QED) is 0.135. The largest absolute Gasteiger partial charge is 0.369 e. The van der Waals surface area contributed by atoms with Gasteiger partial charge in [0.15, 0.2) is 0 Å². The Bertz CT molecular complexity index is 181. The van der Waals surface area contributed by atoms with Gasteiger partial charge in [-0.25, -0.2) is 11.9 Å². The molecule has 0 aromatic rings. The highest BCUT2D eigenvalue weighted by molar-refractivity contribution is 8.03. The fraction of sp³-hybridized carbons (Fsp3) is 1.00. The standard InChI is InChI=1S/C15H33O3PS3/c1-4-7-10-13-20-16-19(17-21-14-11-8-5-2)18-22-15-12-9-6-3/h4-15H2,1-3H3. The Labute approximate surface area is 152 Å². The molecule has 3 nitrogen and oxygen atoms in total. The van der Waals surface area contributed by atoms with Crippen LogP contribution in [0.15, 0.2) is 0 Å². The molecule has 0 aliphatic rings. The van der Waals surface area contributed by atoms with Crippen molar-refractivity contribution in [2.45, 2.75) is 78.6 Å². The molecule has 0 rings (SSSR count). The van der Waals surface area contributed by atoms with Crippen LogP contribution in [0.25, 0.3) is 0 Å². The van der Waals surface area contributed by atoms with Crippen molar-refractivity contribution in [3.8, 4) is 0 Å². The van der Waals surface area contributed by atoms with E-state index in [0.717, 1.165) is 17.3 Å². The molecule has 0 saturated carbocycles. The Morgan fingerprint density at radius 1 is 0.545 bits per heavy atom. The smallest absolute Gasteiger partial charge is 0.239 e. The molecule has 0 aliphatic carbocycles. The first kappa shape index (κ1) is 23.4. The first-order chi connectivity index (χ1) is 10.8. The third-order valence-electron chi connectivity index (χ3n) is 2.83.